The molecule has 8 nitrogen and oxygen atoms in total. The molecule has 1 N–H and O–H groups in total. The number of rotatable bonds is 4. The van der Waals surface area contributed by atoms with E-state index in [1.807, 2.05) is 0 Å². The highest BCUT2D eigenvalue weighted by Crippen LogP contribution is 2.32. The van der Waals surface area contributed by atoms with Crippen LogP contribution in [0, 0.1) is 0 Å². The van der Waals surface area contributed by atoms with Gasteiger partial charge in [-0.25, -0.2) is 13.2 Å². The van der Waals surface area contributed by atoms with E-state index >= 15 is 0 Å². The molecule has 1 atom stereocenters. The molecule has 1 aromatic heterocycles. The molecule has 0 bridgehead atoms. The van der Waals surface area contributed by atoms with Gasteiger partial charge in [0.1, 0.15) is 5.69 Å². The fourth-order valence-corrected chi connectivity index (χ4v) is 5.64. The molecule has 1 amide bonds. The number of hydrogen-bond donors (Lipinski definition) is 1. The number of amides is 1. The lowest BCUT2D eigenvalue weighted by Gasteiger charge is -2.15. The van der Waals surface area contributed by atoms with Crippen molar-refractivity contribution in [1.82, 2.24) is 9.78 Å². The molecule has 2 aromatic rings. The van der Waals surface area contributed by atoms with E-state index in [9.17, 15) is 18.0 Å². The molecule has 1 aromatic carbocycles. The monoisotopic (exact) mass is 403 g/mol. The smallest absolute Gasteiger partial charge is 0.339 e. The lowest BCUT2D eigenvalue weighted by atomic mass is 10.1. The maximum atomic E-state index is 13.2. The second kappa shape index (κ2) is 7.05. The number of nitrogens with one attached hydrogen (secondary N) is 1. The van der Waals surface area contributed by atoms with Gasteiger partial charge in [-0.2, -0.15) is 5.10 Å². The Morgan fingerprint density at radius 2 is 2.04 bits per heavy atom. The Morgan fingerprint density at radius 1 is 1.25 bits per heavy atom. The van der Waals surface area contributed by atoms with Crippen LogP contribution < -0.4 is 5.32 Å². The molecule has 0 spiro atoms. The van der Waals surface area contributed by atoms with Gasteiger partial charge in [0.25, 0.3) is 5.91 Å². The van der Waals surface area contributed by atoms with Gasteiger partial charge in [-0.1, -0.05) is 12.1 Å². The molecular weight excluding hydrogens is 382 g/mol. The number of hydrogen-bond acceptors (Lipinski definition) is 6. The third-order valence-corrected chi connectivity index (χ3v) is 7.03. The molecule has 0 radical (unpaired) electrons. The molecule has 0 unspecified atom stereocenters. The van der Waals surface area contributed by atoms with E-state index in [1.54, 1.807) is 28.9 Å². The third-order valence-electron chi connectivity index (χ3n) is 5.28. The van der Waals surface area contributed by atoms with Gasteiger partial charge in [0.05, 0.1) is 41.6 Å². The maximum Gasteiger partial charge on any atom is 0.339 e. The Bertz CT molecular complexity index is 1060. The van der Waals surface area contributed by atoms with Crippen LogP contribution in [0.2, 0.25) is 0 Å². The van der Waals surface area contributed by atoms with Crippen LogP contribution in [0.3, 0.4) is 0 Å². The first-order chi connectivity index (χ1) is 13.4. The van der Waals surface area contributed by atoms with Crippen molar-refractivity contribution in [3.63, 3.8) is 0 Å². The topological polar surface area (TPSA) is 107 Å². The average molecular weight is 403 g/mol. The predicted molar refractivity (Wildman–Crippen MR) is 102 cm³/mol. The number of para-hydroxylation sites is 1. The summed E-state index contributed by atoms with van der Waals surface area (Å²) in [5.41, 5.74) is 2.73. The van der Waals surface area contributed by atoms with E-state index < -0.39 is 21.7 Å². The van der Waals surface area contributed by atoms with Gasteiger partial charge >= 0.3 is 5.97 Å². The molecule has 1 aliphatic carbocycles. The van der Waals surface area contributed by atoms with Crippen LogP contribution >= 0.6 is 0 Å². The van der Waals surface area contributed by atoms with Crippen LogP contribution in [0.4, 0.5) is 5.69 Å². The fraction of sp³-hybridized carbons (Fsp3) is 0.421. The van der Waals surface area contributed by atoms with E-state index in [0.29, 0.717) is 17.8 Å². The molecule has 1 saturated heterocycles. The van der Waals surface area contributed by atoms with Gasteiger partial charge in [0.15, 0.2) is 9.84 Å². The number of sulfone groups is 1. The lowest BCUT2D eigenvalue weighted by molar-refractivity contribution is 0.0602. The Morgan fingerprint density at radius 3 is 2.75 bits per heavy atom. The molecule has 1 aliphatic heterocycles. The summed E-state index contributed by atoms with van der Waals surface area (Å²) >= 11 is 0. The number of benzene rings is 1. The first-order valence-corrected chi connectivity index (χ1v) is 11.0. The van der Waals surface area contributed by atoms with E-state index in [-0.39, 0.29) is 23.1 Å². The number of aromatic nitrogens is 2. The highest BCUT2D eigenvalue weighted by Gasteiger charge is 2.35. The van der Waals surface area contributed by atoms with Gasteiger partial charge in [-0.3, -0.25) is 9.48 Å². The number of carbonyl (C=O) groups is 2. The summed E-state index contributed by atoms with van der Waals surface area (Å²) in [4.78, 5) is 25.1. The van der Waals surface area contributed by atoms with Crippen molar-refractivity contribution < 1.29 is 22.7 Å². The summed E-state index contributed by atoms with van der Waals surface area (Å²) in [5.74, 6) is -0.839. The summed E-state index contributed by atoms with van der Waals surface area (Å²) < 4.78 is 30.2. The van der Waals surface area contributed by atoms with Crippen molar-refractivity contribution in [1.29, 1.82) is 0 Å². The van der Waals surface area contributed by atoms with Gasteiger partial charge in [0, 0.05) is 5.56 Å². The molecule has 4 rings (SSSR count). The highest BCUT2D eigenvalue weighted by atomic mass is 32.2. The van der Waals surface area contributed by atoms with Crippen molar-refractivity contribution >= 4 is 27.4 Å². The molecule has 2 heterocycles. The minimum atomic E-state index is -3.11. The Hall–Kier alpha value is -2.68. The van der Waals surface area contributed by atoms with Crippen LogP contribution in [0.15, 0.2) is 24.3 Å². The third kappa shape index (κ3) is 3.30. The quantitative estimate of drug-likeness (QED) is 0.780. The summed E-state index contributed by atoms with van der Waals surface area (Å²) in [6.07, 6.45) is 2.87. The normalized spacial score (nSPS) is 20.0. The zero-order valence-corrected chi connectivity index (χ0v) is 16.3. The van der Waals surface area contributed by atoms with Crippen molar-refractivity contribution in [2.75, 3.05) is 23.9 Å². The van der Waals surface area contributed by atoms with E-state index in [1.165, 1.54) is 7.11 Å². The van der Waals surface area contributed by atoms with Crippen molar-refractivity contribution in [3.05, 3.63) is 46.8 Å². The molecule has 0 saturated carbocycles. The van der Waals surface area contributed by atoms with Crippen LogP contribution in [-0.2, 0) is 27.4 Å². The highest BCUT2D eigenvalue weighted by molar-refractivity contribution is 7.91. The van der Waals surface area contributed by atoms with E-state index in [0.717, 1.165) is 30.5 Å². The van der Waals surface area contributed by atoms with Gasteiger partial charge in [-0.15, -0.1) is 0 Å². The van der Waals surface area contributed by atoms with Crippen molar-refractivity contribution in [2.45, 2.75) is 31.7 Å². The van der Waals surface area contributed by atoms with Gasteiger partial charge in [-0.05, 0) is 37.8 Å². The minimum absolute atomic E-state index is 0.00735. The number of fused-ring (bicyclic) bond motifs is 1. The minimum Gasteiger partial charge on any atom is -0.465 e. The molecule has 148 valence electrons. The summed E-state index contributed by atoms with van der Waals surface area (Å²) in [7, 11) is -1.83. The maximum absolute atomic E-state index is 13.2. The zero-order chi connectivity index (χ0) is 19.9. The Balaban J connectivity index is 1.70. The number of aryl methyl sites for hydroxylation is 1. The summed E-state index contributed by atoms with van der Waals surface area (Å²) in [6.45, 7) is 0. The van der Waals surface area contributed by atoms with E-state index in [2.05, 4.69) is 10.4 Å². The Labute approximate surface area is 162 Å². The van der Waals surface area contributed by atoms with Gasteiger partial charge < -0.3 is 10.1 Å². The van der Waals surface area contributed by atoms with Crippen LogP contribution in [0.25, 0.3) is 0 Å². The standard InChI is InChI=1S/C19H21N3O5S/c1-27-19(24)14-5-2-3-7-15(14)20-18(23)17-13-6-4-8-16(13)21-22(17)12-9-10-28(25,26)11-12/h2-3,5,7,12H,4,6,8-11H2,1H3,(H,20,23)/t12-/m0/s1. The van der Waals surface area contributed by atoms with Crippen molar-refractivity contribution in [2.24, 2.45) is 0 Å². The average Bonchev–Trinajstić information content (AvgIpc) is 3.34. The number of esters is 1. The first-order valence-electron chi connectivity index (χ1n) is 9.19. The molecule has 9 heteroatoms. The number of anilines is 1. The number of nitrogens with zero attached hydrogens (tertiary/aromatic N) is 2. The summed E-state index contributed by atoms with van der Waals surface area (Å²) in [6, 6.07) is 6.27. The van der Waals surface area contributed by atoms with Crippen molar-refractivity contribution in [3.8, 4) is 0 Å². The zero-order valence-electron chi connectivity index (χ0n) is 15.5. The summed E-state index contributed by atoms with van der Waals surface area (Å²) in [5, 5.41) is 7.37. The first kappa shape index (κ1) is 18.7. The second-order valence-corrected chi connectivity index (χ2v) is 9.35. The van der Waals surface area contributed by atoms with E-state index in [4.69, 9.17) is 4.74 Å². The molecule has 1 fully saturated rings. The molecule has 28 heavy (non-hydrogen) atoms. The molecule has 2 aliphatic rings. The number of carbonyl (C=O) groups excluding carboxylic acids is 2. The number of ether oxygens (including phenoxy) is 1. The fourth-order valence-electron chi connectivity index (χ4n) is 3.95. The predicted octanol–water partition coefficient (Wildman–Crippen LogP) is 1.77. The van der Waals surface area contributed by atoms with Crippen LogP contribution in [0.1, 0.15) is 51.0 Å². The largest absolute Gasteiger partial charge is 0.465 e. The Kier molecular flexibility index (Phi) is 4.70. The second-order valence-electron chi connectivity index (χ2n) is 7.12. The van der Waals surface area contributed by atoms with Crippen LogP contribution in [0.5, 0.6) is 0 Å². The number of methoxy groups -OCH3 is 1. The van der Waals surface area contributed by atoms with Gasteiger partial charge in [0.2, 0.25) is 0 Å². The molecular formula is C19H21N3O5S. The lowest BCUT2D eigenvalue weighted by Crippen LogP contribution is -2.24. The van der Waals surface area contributed by atoms with Crippen LogP contribution in [-0.4, -0.2) is 48.7 Å². The SMILES string of the molecule is COC(=O)c1ccccc1NC(=O)c1c2c(nn1[C@H]1CCS(=O)(=O)C1)CCC2.